The number of nitrogens with zero attached hydrogens (tertiary/aromatic N) is 3. The highest BCUT2D eigenvalue weighted by atomic mass is 16.4. The highest BCUT2D eigenvalue weighted by Crippen LogP contribution is 2.28. The van der Waals surface area contributed by atoms with E-state index in [1.54, 1.807) is 0 Å². The van der Waals surface area contributed by atoms with Gasteiger partial charge in [0.05, 0.1) is 6.04 Å². The molecular weight excluding hydrogens is 242 g/mol. The monoisotopic (exact) mass is 259 g/mol. The van der Waals surface area contributed by atoms with Gasteiger partial charge in [-0.1, -0.05) is 23.3 Å². The highest BCUT2D eigenvalue weighted by Gasteiger charge is 2.15. The van der Waals surface area contributed by atoms with E-state index in [0.29, 0.717) is 6.42 Å². The molecule has 1 aromatic rings. The largest absolute Gasteiger partial charge is 0.481 e. The lowest BCUT2D eigenvalue weighted by molar-refractivity contribution is -0.137. The molecule has 1 aromatic carbocycles. The molecule has 0 amide bonds. The molecule has 0 spiro atoms. The number of hydrogen-bond acceptors (Lipinski definition) is 2. The summed E-state index contributed by atoms with van der Waals surface area (Å²) in [7, 11) is 0. The van der Waals surface area contributed by atoms with Crippen LogP contribution in [0.25, 0.3) is 10.4 Å². The SMILES string of the molecule is [N-]=[N+]=NC(CCC(=O)O)c1ccc2c(c1)CCCC2. The van der Waals surface area contributed by atoms with Gasteiger partial charge >= 0.3 is 5.97 Å². The van der Waals surface area contributed by atoms with Crippen molar-refractivity contribution in [2.45, 2.75) is 44.6 Å². The summed E-state index contributed by atoms with van der Waals surface area (Å²) in [6, 6.07) is 5.75. The number of carboxylic acid groups (broad SMARTS) is 1. The quantitative estimate of drug-likeness (QED) is 0.495. The minimum Gasteiger partial charge on any atom is -0.481 e. The summed E-state index contributed by atoms with van der Waals surface area (Å²) in [5.41, 5.74) is 12.2. The predicted molar refractivity (Wildman–Crippen MR) is 71.8 cm³/mol. The number of azide groups is 1. The van der Waals surface area contributed by atoms with Crippen molar-refractivity contribution in [1.29, 1.82) is 0 Å². The third-order valence-corrected chi connectivity index (χ3v) is 3.58. The van der Waals surface area contributed by atoms with Crippen LogP contribution in [0.5, 0.6) is 0 Å². The fraction of sp³-hybridized carbons (Fsp3) is 0.500. The average molecular weight is 259 g/mol. The Bertz CT molecular complexity index is 521. The van der Waals surface area contributed by atoms with Crippen LogP contribution in [-0.4, -0.2) is 11.1 Å². The van der Waals surface area contributed by atoms with Crippen LogP contribution in [0, 0.1) is 0 Å². The number of aryl methyl sites for hydroxylation is 2. The molecule has 5 heteroatoms. The smallest absolute Gasteiger partial charge is 0.303 e. The van der Waals surface area contributed by atoms with E-state index < -0.39 is 5.97 Å². The van der Waals surface area contributed by atoms with Crippen LogP contribution in [0.4, 0.5) is 0 Å². The van der Waals surface area contributed by atoms with Gasteiger partial charge in [0.15, 0.2) is 0 Å². The second-order valence-electron chi connectivity index (χ2n) is 4.89. The van der Waals surface area contributed by atoms with E-state index >= 15 is 0 Å². The first-order chi connectivity index (χ1) is 9.20. The third kappa shape index (κ3) is 3.48. The molecule has 100 valence electrons. The van der Waals surface area contributed by atoms with Crippen LogP contribution in [0.3, 0.4) is 0 Å². The molecule has 0 aromatic heterocycles. The number of benzene rings is 1. The first kappa shape index (κ1) is 13.4. The molecule has 19 heavy (non-hydrogen) atoms. The maximum Gasteiger partial charge on any atom is 0.303 e. The molecule has 0 fully saturated rings. The van der Waals surface area contributed by atoms with E-state index in [1.807, 2.05) is 6.07 Å². The van der Waals surface area contributed by atoms with Crippen molar-refractivity contribution < 1.29 is 9.90 Å². The lowest BCUT2D eigenvalue weighted by Crippen LogP contribution is -2.06. The summed E-state index contributed by atoms with van der Waals surface area (Å²) in [6.45, 7) is 0. The normalized spacial score (nSPS) is 15.2. The Hall–Kier alpha value is -2.00. The van der Waals surface area contributed by atoms with Crippen molar-refractivity contribution in [3.63, 3.8) is 0 Å². The summed E-state index contributed by atoms with van der Waals surface area (Å²) in [5, 5.41) is 12.5. The Morgan fingerprint density at radius 1 is 1.37 bits per heavy atom. The molecule has 5 nitrogen and oxygen atoms in total. The van der Waals surface area contributed by atoms with Crippen molar-refractivity contribution in [2.75, 3.05) is 0 Å². The average Bonchev–Trinajstić information content (AvgIpc) is 2.42. The first-order valence-corrected chi connectivity index (χ1v) is 6.58. The molecule has 0 aliphatic heterocycles. The van der Waals surface area contributed by atoms with Crippen LogP contribution in [-0.2, 0) is 17.6 Å². The Kier molecular flexibility index (Phi) is 4.42. The zero-order valence-electron chi connectivity index (χ0n) is 10.7. The maximum atomic E-state index is 10.6. The number of rotatable bonds is 5. The Balaban J connectivity index is 2.21. The molecule has 0 radical (unpaired) electrons. The molecule has 1 aliphatic carbocycles. The van der Waals surface area contributed by atoms with Gasteiger partial charge in [0.1, 0.15) is 0 Å². The number of carboxylic acids is 1. The van der Waals surface area contributed by atoms with Gasteiger partial charge in [-0.05, 0) is 54.3 Å². The van der Waals surface area contributed by atoms with Gasteiger partial charge in [-0.2, -0.15) is 0 Å². The Morgan fingerprint density at radius 2 is 2.11 bits per heavy atom. The van der Waals surface area contributed by atoms with Crippen molar-refractivity contribution in [2.24, 2.45) is 5.11 Å². The number of aliphatic carboxylic acids is 1. The van der Waals surface area contributed by atoms with Gasteiger partial charge in [0.25, 0.3) is 0 Å². The highest BCUT2D eigenvalue weighted by molar-refractivity contribution is 5.66. The summed E-state index contributed by atoms with van der Waals surface area (Å²) in [4.78, 5) is 13.5. The van der Waals surface area contributed by atoms with Crippen LogP contribution in [0.1, 0.15) is 48.4 Å². The van der Waals surface area contributed by atoms with E-state index in [2.05, 4.69) is 22.2 Å². The minimum absolute atomic E-state index is 0.0147. The van der Waals surface area contributed by atoms with E-state index in [0.717, 1.165) is 18.4 Å². The third-order valence-electron chi connectivity index (χ3n) is 3.58. The number of fused-ring (bicyclic) bond motifs is 1. The molecule has 1 atom stereocenters. The molecule has 0 heterocycles. The topological polar surface area (TPSA) is 86.1 Å². The van der Waals surface area contributed by atoms with Crippen molar-refractivity contribution in [3.05, 3.63) is 45.3 Å². The molecule has 1 aliphatic rings. The minimum atomic E-state index is -0.865. The number of hydrogen-bond donors (Lipinski definition) is 1. The lowest BCUT2D eigenvalue weighted by atomic mass is 9.88. The van der Waals surface area contributed by atoms with Crippen LogP contribution in [0.2, 0.25) is 0 Å². The summed E-state index contributed by atoms with van der Waals surface area (Å²) >= 11 is 0. The van der Waals surface area contributed by atoms with Crippen LogP contribution < -0.4 is 0 Å². The molecule has 1 N–H and O–H groups in total. The zero-order valence-corrected chi connectivity index (χ0v) is 10.7. The van der Waals surface area contributed by atoms with E-state index in [9.17, 15) is 4.79 Å². The predicted octanol–water partition coefficient (Wildman–Crippen LogP) is 3.78. The van der Waals surface area contributed by atoms with Gasteiger partial charge in [0.2, 0.25) is 0 Å². The first-order valence-electron chi connectivity index (χ1n) is 6.58. The van der Waals surface area contributed by atoms with Crippen molar-refractivity contribution in [3.8, 4) is 0 Å². The lowest BCUT2D eigenvalue weighted by Gasteiger charge is -2.18. The Morgan fingerprint density at radius 3 is 2.79 bits per heavy atom. The summed E-state index contributed by atoms with van der Waals surface area (Å²) in [6.07, 6.45) is 4.95. The fourth-order valence-corrected chi connectivity index (χ4v) is 2.57. The molecule has 0 saturated heterocycles. The van der Waals surface area contributed by atoms with Crippen molar-refractivity contribution in [1.82, 2.24) is 0 Å². The van der Waals surface area contributed by atoms with Gasteiger partial charge < -0.3 is 5.11 Å². The molecular formula is C14H17N3O2. The van der Waals surface area contributed by atoms with Gasteiger partial charge in [-0.15, -0.1) is 0 Å². The Labute approximate surface area is 111 Å². The molecule has 2 rings (SSSR count). The maximum absolute atomic E-state index is 10.6. The van der Waals surface area contributed by atoms with Gasteiger partial charge in [0, 0.05) is 11.3 Å². The number of carbonyl (C=O) groups is 1. The molecule has 0 saturated carbocycles. The second-order valence-corrected chi connectivity index (χ2v) is 4.89. The fourth-order valence-electron chi connectivity index (χ4n) is 2.57. The summed E-state index contributed by atoms with van der Waals surface area (Å²) < 4.78 is 0. The molecule has 1 unspecified atom stereocenters. The van der Waals surface area contributed by atoms with E-state index in [1.165, 1.54) is 24.0 Å². The standard InChI is InChI=1S/C14H17N3O2/c15-17-16-13(7-8-14(18)19)12-6-5-10-3-1-2-4-11(10)9-12/h5-6,9,13H,1-4,7-8H2,(H,18,19). The van der Waals surface area contributed by atoms with Crippen LogP contribution in [0.15, 0.2) is 23.3 Å². The second kappa shape index (κ2) is 6.25. The van der Waals surface area contributed by atoms with Gasteiger partial charge in [-0.3, -0.25) is 4.79 Å². The molecule has 0 bridgehead atoms. The zero-order chi connectivity index (χ0) is 13.7. The summed E-state index contributed by atoms with van der Waals surface area (Å²) in [5.74, 6) is -0.865. The van der Waals surface area contributed by atoms with E-state index in [4.69, 9.17) is 10.6 Å². The van der Waals surface area contributed by atoms with E-state index in [-0.39, 0.29) is 12.5 Å². The van der Waals surface area contributed by atoms with Crippen molar-refractivity contribution >= 4 is 5.97 Å². The van der Waals surface area contributed by atoms with Gasteiger partial charge in [-0.25, -0.2) is 0 Å². The van der Waals surface area contributed by atoms with Crippen LogP contribution >= 0.6 is 0 Å².